The van der Waals surface area contributed by atoms with E-state index >= 15 is 0 Å². The van der Waals surface area contributed by atoms with Crippen molar-refractivity contribution >= 4 is 5.97 Å². The minimum atomic E-state index is -1.06. The Labute approximate surface area is 106 Å². The molecule has 0 unspecified atom stereocenters. The van der Waals surface area contributed by atoms with Crippen LogP contribution in [0.2, 0.25) is 0 Å². The zero-order chi connectivity index (χ0) is 13.9. The molecule has 1 atom stereocenters. The molecular weight excluding hydrogens is 237 g/mol. The fourth-order valence-corrected chi connectivity index (χ4v) is 1.24. The number of aliphatic carboxylic acids is 1. The van der Waals surface area contributed by atoms with Crippen LogP contribution in [0.25, 0.3) is 0 Å². The Bertz CT molecular complexity index is 444. The molecule has 0 aliphatic rings. The van der Waals surface area contributed by atoms with E-state index in [-0.39, 0.29) is 18.4 Å². The van der Waals surface area contributed by atoms with E-state index in [2.05, 4.69) is 0 Å². The summed E-state index contributed by atoms with van der Waals surface area (Å²) in [6.45, 7) is 4.69. The molecule has 0 fully saturated rings. The van der Waals surface area contributed by atoms with Crippen LogP contribution >= 0.6 is 0 Å². The lowest BCUT2D eigenvalue weighted by molar-refractivity contribution is -0.148. The van der Waals surface area contributed by atoms with Gasteiger partial charge in [-0.3, -0.25) is 4.79 Å². The highest BCUT2D eigenvalue weighted by Gasteiger charge is 2.28. The van der Waals surface area contributed by atoms with Crippen molar-refractivity contribution in [2.45, 2.75) is 26.8 Å². The van der Waals surface area contributed by atoms with E-state index in [1.807, 2.05) is 0 Å². The molecule has 1 rings (SSSR count). The molecule has 0 radical (unpaired) electrons. The molecule has 0 bridgehead atoms. The van der Waals surface area contributed by atoms with E-state index in [4.69, 9.17) is 15.6 Å². The van der Waals surface area contributed by atoms with Gasteiger partial charge in [0, 0.05) is 6.04 Å². The SMILES string of the molecule is C[C@H](N)c1ccc(OCC(C)(C)C(=O)O)c(F)c1. The molecular formula is C13H18FNO3. The standard InChI is InChI=1S/C13H18FNO3/c1-8(15)9-4-5-11(10(14)6-9)18-7-13(2,3)12(16)17/h4-6,8H,7,15H2,1-3H3,(H,16,17)/t8-/m0/s1. The summed E-state index contributed by atoms with van der Waals surface area (Å²) in [6, 6.07) is 4.17. The lowest BCUT2D eigenvalue weighted by Gasteiger charge is -2.20. The number of ether oxygens (including phenoxy) is 1. The average molecular weight is 255 g/mol. The number of halogens is 1. The van der Waals surface area contributed by atoms with Crippen molar-refractivity contribution < 1.29 is 19.0 Å². The van der Waals surface area contributed by atoms with Gasteiger partial charge in [-0.1, -0.05) is 6.07 Å². The van der Waals surface area contributed by atoms with Gasteiger partial charge in [0.05, 0.1) is 5.41 Å². The molecule has 0 heterocycles. The monoisotopic (exact) mass is 255 g/mol. The predicted octanol–water partition coefficient (Wildman–Crippen LogP) is 2.33. The zero-order valence-electron chi connectivity index (χ0n) is 10.7. The second-order valence-electron chi connectivity index (χ2n) is 4.96. The Morgan fingerprint density at radius 1 is 1.56 bits per heavy atom. The van der Waals surface area contributed by atoms with Crippen molar-refractivity contribution in [1.82, 2.24) is 0 Å². The van der Waals surface area contributed by atoms with Crippen LogP contribution in [0.1, 0.15) is 32.4 Å². The van der Waals surface area contributed by atoms with Crippen LogP contribution in [0.4, 0.5) is 4.39 Å². The number of carboxylic acids is 1. The van der Waals surface area contributed by atoms with Crippen molar-refractivity contribution in [2.24, 2.45) is 11.1 Å². The third-order valence-electron chi connectivity index (χ3n) is 2.65. The number of carbonyl (C=O) groups is 1. The fourth-order valence-electron chi connectivity index (χ4n) is 1.24. The van der Waals surface area contributed by atoms with Crippen LogP contribution in [0.3, 0.4) is 0 Å². The number of hydrogen-bond acceptors (Lipinski definition) is 3. The first-order chi connectivity index (χ1) is 8.24. The number of benzene rings is 1. The molecule has 0 saturated carbocycles. The van der Waals surface area contributed by atoms with Gasteiger partial charge in [0.1, 0.15) is 6.61 Å². The summed E-state index contributed by atoms with van der Waals surface area (Å²) in [5, 5.41) is 8.92. The Morgan fingerprint density at radius 2 is 2.17 bits per heavy atom. The highest BCUT2D eigenvalue weighted by Crippen LogP contribution is 2.24. The largest absolute Gasteiger partial charge is 0.489 e. The average Bonchev–Trinajstić information content (AvgIpc) is 2.26. The van der Waals surface area contributed by atoms with Crippen molar-refractivity contribution in [3.63, 3.8) is 0 Å². The summed E-state index contributed by atoms with van der Waals surface area (Å²) in [7, 11) is 0. The summed E-state index contributed by atoms with van der Waals surface area (Å²) >= 11 is 0. The van der Waals surface area contributed by atoms with E-state index < -0.39 is 17.2 Å². The maximum Gasteiger partial charge on any atom is 0.312 e. The molecule has 18 heavy (non-hydrogen) atoms. The van der Waals surface area contributed by atoms with E-state index in [0.717, 1.165) is 0 Å². The van der Waals surface area contributed by atoms with E-state index in [1.54, 1.807) is 13.0 Å². The first-order valence-corrected chi connectivity index (χ1v) is 5.65. The molecule has 5 heteroatoms. The van der Waals surface area contributed by atoms with Crippen molar-refractivity contribution in [2.75, 3.05) is 6.61 Å². The number of hydrogen-bond donors (Lipinski definition) is 2. The van der Waals surface area contributed by atoms with Gasteiger partial charge in [-0.05, 0) is 38.5 Å². The molecule has 4 nitrogen and oxygen atoms in total. The Morgan fingerprint density at radius 3 is 2.61 bits per heavy atom. The topological polar surface area (TPSA) is 72.5 Å². The minimum Gasteiger partial charge on any atom is -0.489 e. The van der Waals surface area contributed by atoms with Gasteiger partial charge in [-0.15, -0.1) is 0 Å². The smallest absolute Gasteiger partial charge is 0.312 e. The molecule has 1 aromatic rings. The van der Waals surface area contributed by atoms with Crippen LogP contribution < -0.4 is 10.5 Å². The molecule has 0 spiro atoms. The molecule has 1 aromatic carbocycles. The van der Waals surface area contributed by atoms with E-state index in [0.29, 0.717) is 5.56 Å². The Hall–Kier alpha value is -1.62. The molecule has 0 aromatic heterocycles. The summed E-state index contributed by atoms with van der Waals surface area (Å²) in [6.07, 6.45) is 0. The third kappa shape index (κ3) is 3.43. The summed E-state index contributed by atoms with van der Waals surface area (Å²) in [5.41, 5.74) is 5.23. The number of carboxylic acid groups (broad SMARTS) is 1. The van der Waals surface area contributed by atoms with Crippen LogP contribution in [-0.4, -0.2) is 17.7 Å². The highest BCUT2D eigenvalue weighted by molar-refractivity contribution is 5.73. The molecule has 0 amide bonds. The van der Waals surface area contributed by atoms with Crippen LogP contribution in [0, 0.1) is 11.2 Å². The van der Waals surface area contributed by atoms with Gasteiger partial charge in [0.2, 0.25) is 0 Å². The van der Waals surface area contributed by atoms with E-state index in [1.165, 1.54) is 26.0 Å². The second kappa shape index (κ2) is 5.35. The molecule has 0 saturated heterocycles. The summed E-state index contributed by atoms with van der Waals surface area (Å²) < 4.78 is 18.9. The third-order valence-corrected chi connectivity index (χ3v) is 2.65. The van der Waals surface area contributed by atoms with Crippen LogP contribution in [-0.2, 0) is 4.79 Å². The summed E-state index contributed by atoms with van der Waals surface area (Å²) in [5.74, 6) is -1.49. The van der Waals surface area contributed by atoms with Gasteiger partial charge in [-0.2, -0.15) is 0 Å². The normalized spacial score (nSPS) is 13.2. The quantitative estimate of drug-likeness (QED) is 0.847. The van der Waals surface area contributed by atoms with Crippen LogP contribution in [0.15, 0.2) is 18.2 Å². The fraction of sp³-hybridized carbons (Fsp3) is 0.462. The van der Waals surface area contributed by atoms with E-state index in [9.17, 15) is 9.18 Å². The van der Waals surface area contributed by atoms with Crippen molar-refractivity contribution in [3.05, 3.63) is 29.6 Å². The van der Waals surface area contributed by atoms with Gasteiger partial charge >= 0.3 is 5.97 Å². The second-order valence-corrected chi connectivity index (χ2v) is 4.96. The number of nitrogens with two attached hydrogens (primary N) is 1. The maximum absolute atomic E-state index is 13.7. The first-order valence-electron chi connectivity index (χ1n) is 5.65. The maximum atomic E-state index is 13.7. The number of rotatable bonds is 5. The van der Waals surface area contributed by atoms with Gasteiger partial charge < -0.3 is 15.6 Å². The molecule has 100 valence electrons. The highest BCUT2D eigenvalue weighted by atomic mass is 19.1. The lowest BCUT2D eigenvalue weighted by Crippen LogP contribution is -2.30. The van der Waals surface area contributed by atoms with Gasteiger partial charge in [0.15, 0.2) is 11.6 Å². The lowest BCUT2D eigenvalue weighted by atomic mass is 9.95. The molecule has 0 aliphatic carbocycles. The Kier molecular flexibility index (Phi) is 4.29. The van der Waals surface area contributed by atoms with Gasteiger partial charge in [-0.25, -0.2) is 4.39 Å². The van der Waals surface area contributed by atoms with Crippen molar-refractivity contribution in [1.29, 1.82) is 0 Å². The first kappa shape index (κ1) is 14.4. The Balaban J connectivity index is 2.78. The van der Waals surface area contributed by atoms with Gasteiger partial charge in [0.25, 0.3) is 0 Å². The summed E-state index contributed by atoms with van der Waals surface area (Å²) in [4.78, 5) is 10.9. The van der Waals surface area contributed by atoms with Crippen molar-refractivity contribution in [3.8, 4) is 5.75 Å². The zero-order valence-corrected chi connectivity index (χ0v) is 10.7. The molecule has 3 N–H and O–H groups in total. The minimum absolute atomic E-state index is 0.0359. The predicted molar refractivity (Wildman–Crippen MR) is 65.9 cm³/mol. The van der Waals surface area contributed by atoms with Crippen LogP contribution in [0.5, 0.6) is 5.75 Å². The molecule has 0 aliphatic heterocycles.